The second-order valence-electron chi connectivity index (χ2n) is 5.67. The summed E-state index contributed by atoms with van der Waals surface area (Å²) < 4.78 is 5.11. The van der Waals surface area contributed by atoms with Gasteiger partial charge in [0.15, 0.2) is 6.61 Å². The van der Waals surface area contributed by atoms with E-state index in [1.807, 2.05) is 30.3 Å². The molecule has 0 atom stereocenters. The Labute approximate surface area is 149 Å². The van der Waals surface area contributed by atoms with Crippen LogP contribution >= 0.6 is 23.4 Å². The van der Waals surface area contributed by atoms with E-state index in [1.165, 1.54) is 0 Å². The minimum Gasteiger partial charge on any atom is -0.455 e. The quantitative estimate of drug-likeness (QED) is 0.745. The van der Waals surface area contributed by atoms with Crippen molar-refractivity contribution in [1.29, 1.82) is 0 Å². The summed E-state index contributed by atoms with van der Waals surface area (Å²) in [5, 5.41) is 0.547. The number of anilines is 2. The van der Waals surface area contributed by atoms with Crippen LogP contribution in [0.1, 0.15) is 13.8 Å². The summed E-state index contributed by atoms with van der Waals surface area (Å²) in [6, 6.07) is 13.1. The first-order valence-corrected chi connectivity index (χ1v) is 8.73. The lowest BCUT2D eigenvalue weighted by molar-refractivity contribution is -0.150. The molecule has 4 nitrogen and oxygen atoms in total. The van der Waals surface area contributed by atoms with Gasteiger partial charge in [-0.15, -0.1) is 0 Å². The van der Waals surface area contributed by atoms with E-state index in [1.54, 1.807) is 42.6 Å². The molecule has 124 valence electrons. The van der Waals surface area contributed by atoms with Crippen LogP contribution in [-0.4, -0.2) is 18.5 Å². The number of halogens is 1. The molecule has 1 heterocycles. The first kappa shape index (κ1) is 16.9. The molecule has 0 N–H and O–H groups in total. The van der Waals surface area contributed by atoms with Gasteiger partial charge in [0, 0.05) is 14.8 Å². The number of ether oxygens (including phenoxy) is 1. The Morgan fingerprint density at radius 1 is 1.12 bits per heavy atom. The van der Waals surface area contributed by atoms with Crippen molar-refractivity contribution in [1.82, 2.24) is 0 Å². The Morgan fingerprint density at radius 2 is 1.83 bits per heavy atom. The van der Waals surface area contributed by atoms with Gasteiger partial charge in [-0.2, -0.15) is 0 Å². The van der Waals surface area contributed by atoms with Crippen LogP contribution in [0, 0.1) is 5.92 Å². The lowest BCUT2D eigenvalue weighted by Gasteiger charge is -2.31. The number of hydrogen-bond donors (Lipinski definition) is 0. The van der Waals surface area contributed by atoms with Gasteiger partial charge in [0.1, 0.15) is 0 Å². The minimum absolute atomic E-state index is 0.274. The zero-order chi connectivity index (χ0) is 17.3. The van der Waals surface area contributed by atoms with E-state index in [0.29, 0.717) is 10.7 Å². The van der Waals surface area contributed by atoms with Crippen molar-refractivity contribution in [3.05, 3.63) is 47.5 Å². The van der Waals surface area contributed by atoms with Crippen molar-refractivity contribution in [3.8, 4) is 0 Å². The molecule has 0 saturated carbocycles. The highest BCUT2D eigenvalue weighted by Gasteiger charge is 2.29. The van der Waals surface area contributed by atoms with Gasteiger partial charge in [-0.25, -0.2) is 0 Å². The third-order valence-corrected chi connectivity index (χ3v) is 4.91. The van der Waals surface area contributed by atoms with Crippen molar-refractivity contribution >= 4 is 46.6 Å². The van der Waals surface area contributed by atoms with Crippen molar-refractivity contribution in [2.75, 3.05) is 11.5 Å². The maximum Gasteiger partial charge on any atom is 0.308 e. The maximum atomic E-state index is 12.8. The van der Waals surface area contributed by atoms with E-state index in [4.69, 9.17) is 16.3 Å². The van der Waals surface area contributed by atoms with E-state index >= 15 is 0 Å². The summed E-state index contributed by atoms with van der Waals surface area (Å²) in [5.74, 6) is -0.974. The zero-order valence-corrected chi connectivity index (χ0v) is 14.9. The summed E-state index contributed by atoms with van der Waals surface area (Å²) in [4.78, 5) is 27.9. The van der Waals surface area contributed by atoms with Crippen molar-refractivity contribution < 1.29 is 14.3 Å². The number of benzene rings is 2. The molecule has 0 unspecified atom stereocenters. The van der Waals surface area contributed by atoms with Gasteiger partial charge >= 0.3 is 5.97 Å². The molecule has 0 fully saturated rings. The molecular formula is C18H16ClNO3S. The van der Waals surface area contributed by atoms with E-state index in [9.17, 15) is 9.59 Å². The molecule has 6 heteroatoms. The highest BCUT2D eigenvalue weighted by atomic mass is 35.5. The van der Waals surface area contributed by atoms with Gasteiger partial charge < -0.3 is 4.74 Å². The molecule has 0 aromatic heterocycles. The monoisotopic (exact) mass is 361 g/mol. The third kappa shape index (κ3) is 3.28. The van der Waals surface area contributed by atoms with E-state index in [2.05, 4.69) is 0 Å². The highest BCUT2D eigenvalue weighted by Crippen LogP contribution is 2.48. The molecule has 0 saturated heterocycles. The molecule has 24 heavy (non-hydrogen) atoms. The standard InChI is InChI=1S/C18H16ClNO3S/c1-11(2)18(22)23-10-17(21)20-13-5-3-4-6-15(13)24-16-8-7-12(19)9-14(16)20/h3-9,11H,10H2,1-2H3. The van der Waals surface area contributed by atoms with Crippen LogP contribution in [0.4, 0.5) is 11.4 Å². The van der Waals surface area contributed by atoms with Crippen LogP contribution in [0.25, 0.3) is 0 Å². The molecule has 1 amide bonds. The molecule has 1 aliphatic rings. The average molecular weight is 362 g/mol. The lowest BCUT2D eigenvalue weighted by Crippen LogP contribution is -2.33. The highest BCUT2D eigenvalue weighted by molar-refractivity contribution is 7.99. The van der Waals surface area contributed by atoms with Gasteiger partial charge in [-0.3, -0.25) is 14.5 Å². The molecule has 2 aromatic carbocycles. The van der Waals surface area contributed by atoms with Crippen LogP contribution in [-0.2, 0) is 14.3 Å². The van der Waals surface area contributed by atoms with Crippen LogP contribution in [0.3, 0.4) is 0 Å². The molecule has 0 bridgehead atoms. The number of esters is 1. The number of nitrogens with zero attached hydrogens (tertiary/aromatic N) is 1. The van der Waals surface area contributed by atoms with Gasteiger partial charge in [-0.1, -0.05) is 49.3 Å². The molecule has 3 rings (SSSR count). The maximum absolute atomic E-state index is 12.8. The second-order valence-corrected chi connectivity index (χ2v) is 7.19. The molecule has 0 aliphatic carbocycles. The molecule has 0 spiro atoms. The third-order valence-electron chi connectivity index (χ3n) is 3.55. The number of rotatable bonds is 3. The number of para-hydroxylation sites is 1. The van der Waals surface area contributed by atoms with Crippen LogP contribution < -0.4 is 4.90 Å². The average Bonchev–Trinajstić information content (AvgIpc) is 2.57. The topological polar surface area (TPSA) is 46.6 Å². The molecule has 0 radical (unpaired) electrons. The summed E-state index contributed by atoms with van der Waals surface area (Å²) >= 11 is 7.69. The summed E-state index contributed by atoms with van der Waals surface area (Å²) in [5.41, 5.74) is 1.47. The van der Waals surface area contributed by atoms with E-state index < -0.39 is 5.97 Å². The van der Waals surface area contributed by atoms with Crippen molar-refractivity contribution in [2.45, 2.75) is 23.6 Å². The van der Waals surface area contributed by atoms with Crippen LogP contribution in [0.2, 0.25) is 5.02 Å². The van der Waals surface area contributed by atoms with Crippen LogP contribution in [0.15, 0.2) is 52.3 Å². The van der Waals surface area contributed by atoms with Gasteiger partial charge in [0.2, 0.25) is 0 Å². The number of carbonyl (C=O) groups is 2. The number of amides is 1. The predicted molar refractivity (Wildman–Crippen MR) is 95.0 cm³/mol. The summed E-state index contributed by atoms with van der Waals surface area (Å²) in [6.07, 6.45) is 0. The van der Waals surface area contributed by atoms with Gasteiger partial charge in [-0.05, 0) is 30.3 Å². The SMILES string of the molecule is CC(C)C(=O)OCC(=O)N1c2ccccc2Sc2ccc(Cl)cc21. The minimum atomic E-state index is -0.394. The fraction of sp³-hybridized carbons (Fsp3) is 0.222. The van der Waals surface area contributed by atoms with Crippen LogP contribution in [0.5, 0.6) is 0 Å². The van der Waals surface area contributed by atoms with E-state index in [-0.39, 0.29) is 18.4 Å². The lowest BCUT2D eigenvalue weighted by atomic mass is 10.2. The largest absolute Gasteiger partial charge is 0.455 e. The summed E-state index contributed by atoms with van der Waals surface area (Å²) in [6.45, 7) is 3.16. The first-order valence-electron chi connectivity index (χ1n) is 7.53. The fourth-order valence-electron chi connectivity index (χ4n) is 2.36. The predicted octanol–water partition coefficient (Wildman–Crippen LogP) is 4.67. The Hall–Kier alpha value is -1.98. The van der Waals surface area contributed by atoms with E-state index in [0.717, 1.165) is 15.5 Å². The molecule has 2 aromatic rings. The number of hydrogen-bond acceptors (Lipinski definition) is 4. The second kappa shape index (κ2) is 6.87. The number of fused-ring (bicyclic) bond motifs is 2. The molecule has 1 aliphatic heterocycles. The van der Waals surface area contributed by atoms with Crippen molar-refractivity contribution in [2.24, 2.45) is 5.92 Å². The summed E-state index contributed by atoms with van der Waals surface area (Å²) in [7, 11) is 0. The van der Waals surface area contributed by atoms with Gasteiger partial charge in [0.25, 0.3) is 5.91 Å². The fourth-order valence-corrected chi connectivity index (χ4v) is 3.57. The van der Waals surface area contributed by atoms with Gasteiger partial charge in [0.05, 0.1) is 17.3 Å². The number of carbonyl (C=O) groups excluding carboxylic acids is 2. The smallest absolute Gasteiger partial charge is 0.308 e. The Balaban J connectivity index is 1.95. The molecular weight excluding hydrogens is 346 g/mol. The normalized spacial score (nSPS) is 12.6. The van der Waals surface area contributed by atoms with Crippen molar-refractivity contribution in [3.63, 3.8) is 0 Å². The first-order chi connectivity index (χ1) is 11.5. The Morgan fingerprint density at radius 3 is 2.58 bits per heavy atom. The Kier molecular flexibility index (Phi) is 4.83. The Bertz CT molecular complexity index is 807. The zero-order valence-electron chi connectivity index (χ0n) is 13.3.